The smallest absolute Gasteiger partial charge is 0.303 e. The van der Waals surface area contributed by atoms with Gasteiger partial charge in [0.05, 0.1) is 6.61 Å². The highest BCUT2D eigenvalue weighted by Gasteiger charge is 2.06. The highest BCUT2D eigenvalue weighted by molar-refractivity contribution is 5.94. The fourth-order valence-corrected chi connectivity index (χ4v) is 1.66. The minimum absolute atomic E-state index is 0.0584. The van der Waals surface area contributed by atoms with Crippen LogP contribution in [0.15, 0.2) is 24.3 Å². The summed E-state index contributed by atoms with van der Waals surface area (Å²) >= 11 is 0. The summed E-state index contributed by atoms with van der Waals surface area (Å²) in [5.41, 5.74) is 0.543. The molecule has 0 heterocycles. The highest BCUT2D eigenvalue weighted by atomic mass is 16.5. The molecule has 0 aliphatic rings. The van der Waals surface area contributed by atoms with E-state index in [0.29, 0.717) is 31.1 Å². The molecule has 0 saturated heterocycles. The van der Waals surface area contributed by atoms with Crippen LogP contribution in [0.4, 0.5) is 0 Å². The molecule has 21 heavy (non-hydrogen) atoms. The van der Waals surface area contributed by atoms with E-state index in [1.807, 2.05) is 0 Å². The van der Waals surface area contributed by atoms with Gasteiger partial charge in [-0.25, -0.2) is 0 Å². The van der Waals surface area contributed by atoms with Gasteiger partial charge in [0.25, 0.3) is 5.91 Å². The first kappa shape index (κ1) is 17.0. The fraction of sp³-hybridized carbons (Fsp3) is 0.500. The van der Waals surface area contributed by atoms with Gasteiger partial charge in [0.1, 0.15) is 5.75 Å². The topological polar surface area (TPSA) is 75.6 Å². The first-order chi connectivity index (χ1) is 9.99. The maximum absolute atomic E-state index is 11.8. The molecule has 1 aromatic carbocycles. The molecule has 1 aromatic rings. The lowest BCUT2D eigenvalue weighted by Crippen LogP contribution is -2.24. The van der Waals surface area contributed by atoms with E-state index in [9.17, 15) is 9.59 Å². The van der Waals surface area contributed by atoms with Gasteiger partial charge in [0.15, 0.2) is 0 Å². The first-order valence-corrected chi connectivity index (χ1v) is 7.22. The SMILES string of the molecule is CC(C)CCOc1ccc(C(=O)NCCCC(=O)O)cc1. The van der Waals surface area contributed by atoms with E-state index in [0.717, 1.165) is 12.2 Å². The molecule has 0 aliphatic heterocycles. The van der Waals surface area contributed by atoms with Crippen molar-refractivity contribution in [1.29, 1.82) is 0 Å². The predicted octanol–water partition coefficient (Wildman–Crippen LogP) is 2.71. The average Bonchev–Trinajstić information content (AvgIpc) is 2.43. The van der Waals surface area contributed by atoms with Gasteiger partial charge in [0.2, 0.25) is 0 Å². The minimum atomic E-state index is -0.854. The van der Waals surface area contributed by atoms with Crippen molar-refractivity contribution in [2.45, 2.75) is 33.1 Å². The third-order valence-electron chi connectivity index (χ3n) is 2.93. The van der Waals surface area contributed by atoms with Crippen molar-refractivity contribution in [3.63, 3.8) is 0 Å². The van der Waals surface area contributed by atoms with Gasteiger partial charge in [0, 0.05) is 18.5 Å². The van der Waals surface area contributed by atoms with Crippen molar-refractivity contribution in [2.75, 3.05) is 13.2 Å². The monoisotopic (exact) mass is 293 g/mol. The Morgan fingerprint density at radius 3 is 2.48 bits per heavy atom. The number of amides is 1. The number of hydrogen-bond donors (Lipinski definition) is 2. The van der Waals surface area contributed by atoms with Gasteiger partial charge in [-0.2, -0.15) is 0 Å². The number of nitrogens with one attached hydrogen (secondary N) is 1. The Hall–Kier alpha value is -2.04. The minimum Gasteiger partial charge on any atom is -0.494 e. The Balaban J connectivity index is 2.35. The molecule has 5 heteroatoms. The summed E-state index contributed by atoms with van der Waals surface area (Å²) in [5, 5.41) is 11.2. The van der Waals surface area contributed by atoms with E-state index in [1.54, 1.807) is 24.3 Å². The number of ether oxygens (including phenoxy) is 1. The van der Waals surface area contributed by atoms with E-state index >= 15 is 0 Å². The molecule has 0 radical (unpaired) electrons. The largest absolute Gasteiger partial charge is 0.494 e. The van der Waals surface area contributed by atoms with Crippen LogP contribution < -0.4 is 10.1 Å². The van der Waals surface area contributed by atoms with Gasteiger partial charge in [-0.1, -0.05) is 13.8 Å². The van der Waals surface area contributed by atoms with Crippen LogP contribution >= 0.6 is 0 Å². The summed E-state index contributed by atoms with van der Waals surface area (Å²) in [6.07, 6.45) is 1.48. The maximum Gasteiger partial charge on any atom is 0.303 e. The van der Waals surface area contributed by atoms with Crippen LogP contribution in [-0.4, -0.2) is 30.1 Å². The van der Waals surface area contributed by atoms with Crippen molar-refractivity contribution in [3.05, 3.63) is 29.8 Å². The number of carbonyl (C=O) groups is 2. The van der Waals surface area contributed by atoms with Crippen molar-refractivity contribution in [1.82, 2.24) is 5.32 Å². The molecule has 0 fully saturated rings. The molecule has 5 nitrogen and oxygen atoms in total. The first-order valence-electron chi connectivity index (χ1n) is 7.22. The number of carboxylic acids is 1. The van der Waals surface area contributed by atoms with Crippen molar-refractivity contribution < 1.29 is 19.4 Å². The Morgan fingerprint density at radius 2 is 1.90 bits per heavy atom. The van der Waals surface area contributed by atoms with E-state index < -0.39 is 5.97 Å². The standard InChI is InChI=1S/C16H23NO4/c1-12(2)9-11-21-14-7-5-13(6-8-14)16(20)17-10-3-4-15(18)19/h5-8,12H,3-4,9-11H2,1-2H3,(H,17,20)(H,18,19). The van der Waals surface area contributed by atoms with Crippen LogP contribution in [0.1, 0.15) is 43.5 Å². The molecular weight excluding hydrogens is 270 g/mol. The Labute approximate surface area is 125 Å². The number of aliphatic carboxylic acids is 1. The molecule has 116 valence electrons. The van der Waals surface area contributed by atoms with Gasteiger partial charge in [-0.15, -0.1) is 0 Å². The van der Waals surface area contributed by atoms with Crippen LogP contribution in [0, 0.1) is 5.92 Å². The lowest BCUT2D eigenvalue weighted by Gasteiger charge is -2.09. The second kappa shape index (κ2) is 9.00. The predicted molar refractivity (Wildman–Crippen MR) is 80.6 cm³/mol. The molecule has 1 amide bonds. The fourth-order valence-electron chi connectivity index (χ4n) is 1.66. The number of rotatable bonds is 9. The van der Waals surface area contributed by atoms with E-state index in [-0.39, 0.29) is 12.3 Å². The zero-order chi connectivity index (χ0) is 15.7. The Morgan fingerprint density at radius 1 is 1.24 bits per heavy atom. The molecule has 0 aliphatic carbocycles. The summed E-state index contributed by atoms with van der Waals surface area (Å²) in [6.45, 7) is 5.30. The Bertz CT molecular complexity index is 454. The summed E-state index contributed by atoms with van der Waals surface area (Å²) in [6, 6.07) is 6.95. The number of hydrogen-bond acceptors (Lipinski definition) is 3. The van der Waals surface area contributed by atoms with Gasteiger partial charge in [-0.05, 0) is 43.0 Å². The molecule has 0 saturated carbocycles. The second-order valence-electron chi connectivity index (χ2n) is 5.31. The lowest BCUT2D eigenvalue weighted by molar-refractivity contribution is -0.137. The van der Waals surface area contributed by atoms with Gasteiger partial charge >= 0.3 is 5.97 Å². The molecule has 0 bridgehead atoms. The zero-order valence-electron chi connectivity index (χ0n) is 12.6. The van der Waals surface area contributed by atoms with Gasteiger partial charge < -0.3 is 15.2 Å². The number of carbonyl (C=O) groups excluding carboxylic acids is 1. The summed E-state index contributed by atoms with van der Waals surface area (Å²) in [4.78, 5) is 22.2. The summed E-state index contributed by atoms with van der Waals surface area (Å²) in [5.74, 6) is 0.292. The highest BCUT2D eigenvalue weighted by Crippen LogP contribution is 2.13. The van der Waals surface area contributed by atoms with Crippen LogP contribution in [0.2, 0.25) is 0 Å². The van der Waals surface area contributed by atoms with Crippen LogP contribution in [0.25, 0.3) is 0 Å². The Kier molecular flexibility index (Phi) is 7.29. The molecule has 0 atom stereocenters. The van der Waals surface area contributed by atoms with Crippen LogP contribution in [-0.2, 0) is 4.79 Å². The van der Waals surface area contributed by atoms with E-state index in [4.69, 9.17) is 9.84 Å². The third-order valence-corrected chi connectivity index (χ3v) is 2.93. The van der Waals surface area contributed by atoms with Crippen LogP contribution in [0.3, 0.4) is 0 Å². The zero-order valence-corrected chi connectivity index (χ0v) is 12.6. The molecule has 0 unspecified atom stereocenters. The number of carboxylic acid groups (broad SMARTS) is 1. The number of benzene rings is 1. The van der Waals surface area contributed by atoms with Gasteiger partial charge in [-0.3, -0.25) is 9.59 Å². The molecule has 1 rings (SSSR count). The second-order valence-corrected chi connectivity index (χ2v) is 5.31. The quantitative estimate of drug-likeness (QED) is 0.686. The molecular formula is C16H23NO4. The average molecular weight is 293 g/mol. The lowest BCUT2D eigenvalue weighted by atomic mass is 10.1. The maximum atomic E-state index is 11.8. The summed E-state index contributed by atoms with van der Waals surface area (Å²) in [7, 11) is 0. The molecule has 0 aromatic heterocycles. The normalized spacial score (nSPS) is 10.4. The summed E-state index contributed by atoms with van der Waals surface area (Å²) < 4.78 is 5.58. The molecule has 2 N–H and O–H groups in total. The van der Waals surface area contributed by atoms with Crippen molar-refractivity contribution >= 4 is 11.9 Å². The molecule has 0 spiro atoms. The van der Waals surface area contributed by atoms with E-state index in [1.165, 1.54) is 0 Å². The van der Waals surface area contributed by atoms with Crippen molar-refractivity contribution in [3.8, 4) is 5.75 Å². The third kappa shape index (κ3) is 7.34. The van der Waals surface area contributed by atoms with Crippen molar-refractivity contribution in [2.24, 2.45) is 5.92 Å². The van der Waals surface area contributed by atoms with E-state index in [2.05, 4.69) is 19.2 Å². The van der Waals surface area contributed by atoms with Crippen LogP contribution in [0.5, 0.6) is 5.75 Å².